The number of hydrogen-bond donors (Lipinski definition) is 1. The Kier molecular flexibility index (Phi) is 4.12. The van der Waals surface area contributed by atoms with E-state index in [1.54, 1.807) is 19.1 Å². The summed E-state index contributed by atoms with van der Waals surface area (Å²) in [5.74, 6) is -1.53. The summed E-state index contributed by atoms with van der Waals surface area (Å²) in [6.45, 7) is 1.77. The highest BCUT2D eigenvalue weighted by molar-refractivity contribution is 6.04. The first-order valence-electron chi connectivity index (χ1n) is 8.20. The molecule has 5 nitrogen and oxygen atoms in total. The van der Waals surface area contributed by atoms with Crippen LogP contribution in [0.4, 0.5) is 14.6 Å². The molecule has 0 saturated heterocycles. The van der Waals surface area contributed by atoms with Crippen molar-refractivity contribution >= 4 is 22.6 Å². The first-order valence-corrected chi connectivity index (χ1v) is 8.20. The molecule has 7 heteroatoms. The van der Waals surface area contributed by atoms with Crippen molar-refractivity contribution in [1.29, 1.82) is 0 Å². The molecule has 0 bridgehead atoms. The largest absolute Gasteiger partial charge is 0.306 e. The van der Waals surface area contributed by atoms with Gasteiger partial charge in [-0.15, -0.1) is 0 Å². The average Bonchev–Trinajstić information content (AvgIpc) is 3.01. The SMILES string of the molecule is Cc1cc(NC(=O)c2ccc(F)cc2F)n(-c2ccc3ccccc3n2)n1. The Morgan fingerprint density at radius 1 is 1.04 bits per heavy atom. The maximum Gasteiger partial charge on any atom is 0.259 e. The average molecular weight is 364 g/mol. The van der Waals surface area contributed by atoms with Crippen LogP contribution in [0.2, 0.25) is 0 Å². The van der Waals surface area contributed by atoms with E-state index in [2.05, 4.69) is 15.4 Å². The van der Waals surface area contributed by atoms with Gasteiger partial charge in [0.2, 0.25) is 0 Å². The van der Waals surface area contributed by atoms with Crippen molar-refractivity contribution < 1.29 is 13.6 Å². The lowest BCUT2D eigenvalue weighted by atomic mass is 10.2. The molecule has 2 heterocycles. The molecule has 134 valence electrons. The van der Waals surface area contributed by atoms with Crippen molar-refractivity contribution in [2.24, 2.45) is 0 Å². The van der Waals surface area contributed by atoms with Gasteiger partial charge in [-0.2, -0.15) is 9.78 Å². The third-order valence-corrected chi connectivity index (χ3v) is 4.05. The molecule has 0 radical (unpaired) electrons. The number of aromatic nitrogens is 3. The zero-order valence-electron chi connectivity index (χ0n) is 14.3. The molecule has 0 aliphatic carbocycles. The van der Waals surface area contributed by atoms with E-state index in [-0.39, 0.29) is 5.56 Å². The van der Waals surface area contributed by atoms with Crippen LogP contribution in [0.1, 0.15) is 16.1 Å². The summed E-state index contributed by atoms with van der Waals surface area (Å²) >= 11 is 0. The van der Waals surface area contributed by atoms with Crippen LogP contribution in [0.25, 0.3) is 16.7 Å². The molecule has 0 spiro atoms. The molecule has 0 saturated carbocycles. The summed E-state index contributed by atoms with van der Waals surface area (Å²) in [7, 11) is 0. The van der Waals surface area contributed by atoms with Crippen molar-refractivity contribution in [2.45, 2.75) is 6.92 Å². The van der Waals surface area contributed by atoms with Crippen LogP contribution < -0.4 is 5.32 Å². The number of hydrogen-bond acceptors (Lipinski definition) is 3. The Morgan fingerprint density at radius 3 is 2.67 bits per heavy atom. The smallest absolute Gasteiger partial charge is 0.259 e. The molecular formula is C20H14F2N4O. The first kappa shape index (κ1) is 16.8. The van der Waals surface area contributed by atoms with E-state index in [0.29, 0.717) is 23.4 Å². The van der Waals surface area contributed by atoms with Crippen LogP contribution in [0, 0.1) is 18.6 Å². The maximum absolute atomic E-state index is 13.9. The lowest BCUT2D eigenvalue weighted by Gasteiger charge is -2.09. The highest BCUT2D eigenvalue weighted by atomic mass is 19.1. The van der Waals surface area contributed by atoms with Crippen molar-refractivity contribution in [3.05, 3.63) is 83.6 Å². The van der Waals surface area contributed by atoms with E-state index in [0.717, 1.165) is 23.0 Å². The summed E-state index contributed by atoms with van der Waals surface area (Å²) in [6, 6.07) is 15.8. The van der Waals surface area contributed by atoms with E-state index >= 15 is 0 Å². The summed E-state index contributed by atoms with van der Waals surface area (Å²) in [4.78, 5) is 17.0. The van der Waals surface area contributed by atoms with Gasteiger partial charge in [-0.25, -0.2) is 13.8 Å². The molecule has 1 amide bonds. The monoisotopic (exact) mass is 364 g/mol. The Balaban J connectivity index is 1.71. The van der Waals surface area contributed by atoms with E-state index < -0.39 is 17.5 Å². The lowest BCUT2D eigenvalue weighted by Crippen LogP contribution is -2.17. The standard InChI is InChI=1S/C20H14F2N4O/c1-12-10-19(24-20(27)15-8-7-14(21)11-16(15)22)26(25-12)18-9-6-13-4-2-3-5-17(13)23-18/h2-11H,1H3,(H,24,27). The molecule has 27 heavy (non-hydrogen) atoms. The fourth-order valence-electron chi connectivity index (χ4n) is 2.79. The van der Waals surface area contributed by atoms with E-state index in [9.17, 15) is 13.6 Å². The molecule has 4 rings (SSSR count). The predicted octanol–water partition coefficient (Wildman–Crippen LogP) is 4.26. The van der Waals surface area contributed by atoms with Crippen molar-refractivity contribution in [3.8, 4) is 5.82 Å². The number of halogens is 2. The maximum atomic E-state index is 13.9. The molecule has 4 aromatic rings. The zero-order valence-corrected chi connectivity index (χ0v) is 14.3. The Hall–Kier alpha value is -3.61. The molecule has 1 N–H and O–H groups in total. The number of para-hydroxylation sites is 1. The van der Waals surface area contributed by atoms with Gasteiger partial charge in [0.15, 0.2) is 5.82 Å². The second-order valence-electron chi connectivity index (χ2n) is 6.02. The van der Waals surface area contributed by atoms with Crippen molar-refractivity contribution in [2.75, 3.05) is 5.32 Å². The van der Waals surface area contributed by atoms with E-state index in [1.165, 1.54) is 4.68 Å². The number of benzene rings is 2. The van der Waals surface area contributed by atoms with Gasteiger partial charge in [0.1, 0.15) is 17.5 Å². The lowest BCUT2D eigenvalue weighted by molar-refractivity contribution is 0.102. The van der Waals surface area contributed by atoms with Crippen LogP contribution in [-0.4, -0.2) is 20.7 Å². The number of anilines is 1. The van der Waals surface area contributed by atoms with Gasteiger partial charge < -0.3 is 5.32 Å². The minimum Gasteiger partial charge on any atom is -0.306 e. The quantitative estimate of drug-likeness (QED) is 0.591. The Bertz CT molecular complexity index is 1170. The number of rotatable bonds is 3. The number of pyridine rings is 1. The number of amides is 1. The summed E-state index contributed by atoms with van der Waals surface area (Å²) in [5.41, 5.74) is 1.18. The number of carbonyl (C=O) groups is 1. The Labute approximate surface area is 153 Å². The molecule has 0 aliphatic rings. The van der Waals surface area contributed by atoms with Gasteiger partial charge in [0.05, 0.1) is 16.8 Å². The third kappa shape index (κ3) is 3.27. The highest BCUT2D eigenvalue weighted by Gasteiger charge is 2.16. The molecular weight excluding hydrogens is 350 g/mol. The fourth-order valence-corrected chi connectivity index (χ4v) is 2.79. The second kappa shape index (κ2) is 6.60. The van der Waals surface area contributed by atoms with Gasteiger partial charge in [-0.3, -0.25) is 4.79 Å². The minimum absolute atomic E-state index is 0.256. The van der Waals surface area contributed by atoms with Gasteiger partial charge in [-0.05, 0) is 37.3 Å². The normalized spacial score (nSPS) is 10.9. The predicted molar refractivity (Wildman–Crippen MR) is 97.9 cm³/mol. The number of carbonyl (C=O) groups excluding carboxylic acids is 1. The number of aryl methyl sites for hydroxylation is 1. The summed E-state index contributed by atoms with van der Waals surface area (Å²) < 4.78 is 28.4. The Morgan fingerprint density at radius 2 is 1.85 bits per heavy atom. The topological polar surface area (TPSA) is 59.8 Å². The molecule has 0 aliphatic heterocycles. The summed E-state index contributed by atoms with van der Waals surface area (Å²) in [5, 5.41) is 7.95. The van der Waals surface area contributed by atoms with E-state index in [4.69, 9.17) is 0 Å². The van der Waals surface area contributed by atoms with Gasteiger partial charge in [0, 0.05) is 17.5 Å². The number of nitrogens with zero attached hydrogens (tertiary/aromatic N) is 3. The fraction of sp³-hybridized carbons (Fsp3) is 0.0500. The molecule has 0 fully saturated rings. The van der Waals surface area contributed by atoms with E-state index in [1.807, 2.05) is 30.3 Å². The second-order valence-corrected chi connectivity index (χ2v) is 6.02. The van der Waals surface area contributed by atoms with Crippen LogP contribution in [0.3, 0.4) is 0 Å². The zero-order chi connectivity index (χ0) is 19.0. The molecule has 2 aromatic heterocycles. The van der Waals surface area contributed by atoms with Crippen LogP contribution in [0.15, 0.2) is 60.7 Å². The van der Waals surface area contributed by atoms with Crippen molar-refractivity contribution in [3.63, 3.8) is 0 Å². The summed E-state index contributed by atoms with van der Waals surface area (Å²) in [6.07, 6.45) is 0. The van der Waals surface area contributed by atoms with Crippen LogP contribution in [0.5, 0.6) is 0 Å². The van der Waals surface area contributed by atoms with Gasteiger partial charge in [0.25, 0.3) is 5.91 Å². The van der Waals surface area contributed by atoms with Crippen LogP contribution in [-0.2, 0) is 0 Å². The number of fused-ring (bicyclic) bond motifs is 1. The van der Waals surface area contributed by atoms with Crippen molar-refractivity contribution in [1.82, 2.24) is 14.8 Å². The van der Waals surface area contributed by atoms with Gasteiger partial charge in [-0.1, -0.05) is 18.2 Å². The molecule has 0 atom stereocenters. The third-order valence-electron chi connectivity index (χ3n) is 4.05. The van der Waals surface area contributed by atoms with Crippen LogP contribution >= 0.6 is 0 Å². The first-order chi connectivity index (χ1) is 13.0. The molecule has 2 aromatic carbocycles. The van der Waals surface area contributed by atoms with Gasteiger partial charge >= 0.3 is 0 Å². The number of nitrogens with one attached hydrogen (secondary N) is 1. The highest BCUT2D eigenvalue weighted by Crippen LogP contribution is 2.20. The molecule has 0 unspecified atom stereocenters. The minimum atomic E-state index is -0.931.